The molecule has 0 fully saturated rings. The van der Waals surface area contributed by atoms with Crippen LogP contribution >= 0.6 is 0 Å². The molecule has 2 rings (SSSR count). The van der Waals surface area contributed by atoms with Crippen molar-refractivity contribution in [1.82, 2.24) is 9.97 Å². The Kier molecular flexibility index (Phi) is 6.59. The summed E-state index contributed by atoms with van der Waals surface area (Å²) in [4.78, 5) is 22.2. The van der Waals surface area contributed by atoms with E-state index in [1.807, 2.05) is 6.92 Å². The Hall–Kier alpha value is -0.346. The Morgan fingerprint density at radius 1 is 1.39 bits per heavy atom. The maximum absolute atomic E-state index is 12.4. The van der Waals surface area contributed by atoms with E-state index in [2.05, 4.69) is 23.8 Å². The SMILES string of the molecule is [CH2-]CC1(C[CH2-])C(=O)N(CC)c2ncncc21.[CH3-].[Y+3]. The van der Waals surface area contributed by atoms with E-state index < -0.39 is 5.41 Å². The molecule has 5 heteroatoms. The summed E-state index contributed by atoms with van der Waals surface area (Å²) < 4.78 is 0. The van der Waals surface area contributed by atoms with Gasteiger partial charge in [-0.15, -0.1) is 0 Å². The topological polar surface area (TPSA) is 46.1 Å². The minimum absolute atomic E-state index is 0. The van der Waals surface area contributed by atoms with E-state index in [0.29, 0.717) is 19.4 Å². The molecule has 1 aromatic heterocycles. The third-order valence-electron chi connectivity index (χ3n) is 3.29. The average molecular weight is 321 g/mol. The predicted molar refractivity (Wildman–Crippen MR) is 68.1 cm³/mol. The second-order valence-corrected chi connectivity index (χ2v) is 3.89. The fraction of sp³-hybridized carbons (Fsp3) is 0.385. The van der Waals surface area contributed by atoms with Crippen LogP contribution in [0.5, 0.6) is 0 Å². The van der Waals surface area contributed by atoms with E-state index in [-0.39, 0.29) is 46.0 Å². The van der Waals surface area contributed by atoms with Crippen LogP contribution in [-0.2, 0) is 42.9 Å². The molecule has 0 unspecified atom stereocenters. The summed E-state index contributed by atoms with van der Waals surface area (Å²) >= 11 is 0. The number of hydrogen-bond acceptors (Lipinski definition) is 3. The summed E-state index contributed by atoms with van der Waals surface area (Å²) in [5.41, 5.74) is 0.249. The first kappa shape index (κ1) is 17.7. The standard InChI is InChI=1S/C12H15N3O.CH3.Y/c1-4-12(5-2)9-7-13-8-14-10(9)15(6-3)11(12)16;;/h7-8H,1-2,4-6H2,3H3;1H3;/q-2;-1;+3. The number of fused-ring (bicyclic) bond motifs is 1. The number of likely N-dealkylation sites (N-methyl/N-ethyl adjacent to an activating group) is 1. The molecule has 1 aliphatic heterocycles. The van der Waals surface area contributed by atoms with Crippen molar-refractivity contribution >= 4 is 11.7 Å². The smallest absolute Gasteiger partial charge is 0.358 e. The van der Waals surface area contributed by atoms with Gasteiger partial charge in [-0.2, -0.15) is 12.8 Å². The van der Waals surface area contributed by atoms with Gasteiger partial charge in [0.25, 0.3) is 0 Å². The van der Waals surface area contributed by atoms with Crippen molar-refractivity contribution < 1.29 is 37.5 Å². The minimum Gasteiger partial charge on any atom is -0.358 e. The molecule has 0 aliphatic carbocycles. The zero-order valence-electron chi connectivity index (χ0n) is 11.0. The van der Waals surface area contributed by atoms with E-state index in [1.54, 1.807) is 11.1 Å². The fourth-order valence-corrected chi connectivity index (χ4v) is 2.25. The van der Waals surface area contributed by atoms with Crippen LogP contribution in [0.15, 0.2) is 12.5 Å². The number of carbonyl (C=O) groups excluding carboxylic acids is 1. The van der Waals surface area contributed by atoms with Gasteiger partial charge >= 0.3 is 32.7 Å². The molecule has 1 aromatic rings. The van der Waals surface area contributed by atoms with E-state index >= 15 is 0 Å². The van der Waals surface area contributed by atoms with Gasteiger partial charge in [-0.3, -0.25) is 9.69 Å². The minimum atomic E-state index is -0.618. The molecule has 94 valence electrons. The van der Waals surface area contributed by atoms with Crippen LogP contribution < -0.4 is 4.90 Å². The van der Waals surface area contributed by atoms with Crippen LogP contribution in [-0.4, -0.2) is 22.4 Å². The summed E-state index contributed by atoms with van der Waals surface area (Å²) in [6.45, 7) is 10.3. The summed E-state index contributed by atoms with van der Waals surface area (Å²) in [5.74, 6) is 0.769. The Balaban J connectivity index is 0.00000144. The first-order valence-electron chi connectivity index (χ1n) is 5.42. The normalized spacial score (nSPS) is 15.7. The predicted octanol–water partition coefficient (Wildman–Crippen LogP) is 1.98. The first-order chi connectivity index (χ1) is 7.71. The van der Waals surface area contributed by atoms with Gasteiger partial charge in [0.05, 0.1) is 0 Å². The van der Waals surface area contributed by atoms with Gasteiger partial charge in [0.2, 0.25) is 5.91 Å². The van der Waals surface area contributed by atoms with Crippen molar-refractivity contribution in [3.05, 3.63) is 39.4 Å². The monoisotopic (exact) mass is 321 g/mol. The van der Waals surface area contributed by atoms with Gasteiger partial charge in [0.1, 0.15) is 12.1 Å². The second-order valence-electron chi connectivity index (χ2n) is 3.89. The van der Waals surface area contributed by atoms with Gasteiger partial charge in [0.15, 0.2) is 0 Å². The molecular weight excluding hydrogens is 303 g/mol. The maximum atomic E-state index is 12.4. The van der Waals surface area contributed by atoms with Crippen LogP contribution in [0.4, 0.5) is 5.82 Å². The van der Waals surface area contributed by atoms with Crippen LogP contribution in [0.2, 0.25) is 0 Å². The molecule has 2 heterocycles. The second kappa shape index (κ2) is 6.71. The maximum Gasteiger partial charge on any atom is 3.00 e. The molecule has 0 spiro atoms. The van der Waals surface area contributed by atoms with Crippen molar-refractivity contribution in [2.75, 3.05) is 11.4 Å². The summed E-state index contributed by atoms with van der Waals surface area (Å²) in [7, 11) is 0. The Morgan fingerprint density at radius 3 is 2.50 bits per heavy atom. The largest absolute Gasteiger partial charge is 3.00 e. The third kappa shape index (κ3) is 2.25. The molecule has 0 saturated heterocycles. The van der Waals surface area contributed by atoms with E-state index in [0.717, 1.165) is 11.4 Å². The number of rotatable bonds is 3. The van der Waals surface area contributed by atoms with E-state index in [1.165, 1.54) is 6.33 Å². The molecule has 4 nitrogen and oxygen atoms in total. The summed E-state index contributed by atoms with van der Waals surface area (Å²) in [6.07, 6.45) is 4.17. The number of amides is 1. The van der Waals surface area contributed by atoms with Crippen molar-refractivity contribution in [3.8, 4) is 0 Å². The average Bonchev–Trinajstić information content (AvgIpc) is 2.58. The van der Waals surface area contributed by atoms with Gasteiger partial charge in [0, 0.05) is 23.7 Å². The number of hydrogen-bond donors (Lipinski definition) is 0. The molecule has 0 bridgehead atoms. The number of anilines is 1. The van der Waals surface area contributed by atoms with Crippen LogP contribution in [0.3, 0.4) is 0 Å². The molecule has 1 aliphatic rings. The van der Waals surface area contributed by atoms with Gasteiger partial charge in [-0.05, 0) is 6.92 Å². The molecule has 0 saturated carbocycles. The molecule has 18 heavy (non-hydrogen) atoms. The van der Waals surface area contributed by atoms with Crippen molar-refractivity contribution in [2.24, 2.45) is 0 Å². The zero-order valence-corrected chi connectivity index (χ0v) is 13.9. The molecule has 1 amide bonds. The third-order valence-corrected chi connectivity index (χ3v) is 3.29. The Labute approximate surface area is 134 Å². The van der Waals surface area contributed by atoms with Crippen molar-refractivity contribution in [3.63, 3.8) is 0 Å². The van der Waals surface area contributed by atoms with Gasteiger partial charge < -0.3 is 21.3 Å². The molecule has 0 atom stereocenters. The van der Waals surface area contributed by atoms with Crippen LogP contribution in [0.1, 0.15) is 25.3 Å². The molecule has 0 radical (unpaired) electrons. The van der Waals surface area contributed by atoms with Crippen molar-refractivity contribution in [2.45, 2.75) is 25.2 Å². The molecule has 0 N–H and O–H groups in total. The zero-order chi connectivity index (χ0) is 11.8. The molecule has 0 aromatic carbocycles. The Bertz CT molecular complexity index is 418. The fourth-order valence-electron chi connectivity index (χ4n) is 2.25. The molecular formula is C13H18N3OY. The van der Waals surface area contributed by atoms with Crippen molar-refractivity contribution in [1.29, 1.82) is 0 Å². The van der Waals surface area contributed by atoms with Crippen LogP contribution in [0.25, 0.3) is 0 Å². The number of carbonyl (C=O) groups is 1. The number of nitrogens with zero attached hydrogens (tertiary/aromatic N) is 3. The summed E-state index contributed by atoms with van der Waals surface area (Å²) in [5, 5.41) is 0. The van der Waals surface area contributed by atoms with Crippen LogP contribution in [0, 0.1) is 21.3 Å². The van der Waals surface area contributed by atoms with Gasteiger partial charge in [-0.25, -0.2) is 9.97 Å². The first-order valence-corrected chi connectivity index (χ1v) is 5.42. The van der Waals surface area contributed by atoms with E-state index in [4.69, 9.17) is 0 Å². The number of aromatic nitrogens is 2. The van der Waals surface area contributed by atoms with E-state index in [9.17, 15) is 4.79 Å². The quantitative estimate of drug-likeness (QED) is 0.800. The Morgan fingerprint density at radius 2 is 2.00 bits per heavy atom. The van der Waals surface area contributed by atoms with Gasteiger partial charge in [-0.1, -0.05) is 0 Å². The summed E-state index contributed by atoms with van der Waals surface area (Å²) in [6, 6.07) is 0.